The van der Waals surface area contributed by atoms with Crippen LogP contribution in [0.1, 0.15) is 48.4 Å². The number of carbonyl (C=O) groups is 3. The molecule has 3 N–H and O–H groups in total. The average molecular weight is 309 g/mol. The number of nitrogens with two attached hydrogens (primary N) is 1. The van der Waals surface area contributed by atoms with E-state index in [2.05, 4.69) is 0 Å². The van der Waals surface area contributed by atoms with Crippen molar-refractivity contribution in [2.24, 2.45) is 5.73 Å². The number of carbonyl (C=O) groups excluding carboxylic acids is 2. The molecule has 1 unspecified atom stereocenters. The maximum Gasteiger partial charge on any atom is 0.339 e. The molecule has 0 spiro atoms. The number of esters is 2. The first-order valence-corrected chi connectivity index (χ1v) is 6.59. The molecule has 0 amide bonds. The highest BCUT2D eigenvalue weighted by atomic mass is 16.6. The molecule has 0 fully saturated rings. The number of rotatable bonds is 4. The van der Waals surface area contributed by atoms with Gasteiger partial charge in [0.1, 0.15) is 23.0 Å². The Morgan fingerprint density at radius 3 is 2.27 bits per heavy atom. The molecule has 0 saturated carbocycles. The highest BCUT2D eigenvalue weighted by molar-refractivity contribution is 5.97. The van der Waals surface area contributed by atoms with Crippen LogP contribution in [-0.4, -0.2) is 34.7 Å². The van der Waals surface area contributed by atoms with E-state index in [9.17, 15) is 19.5 Å². The number of benzene rings is 1. The van der Waals surface area contributed by atoms with E-state index in [4.69, 9.17) is 15.2 Å². The minimum absolute atomic E-state index is 0.0490. The Bertz CT molecular complexity index is 601. The van der Waals surface area contributed by atoms with E-state index < -0.39 is 29.6 Å². The summed E-state index contributed by atoms with van der Waals surface area (Å²) in [4.78, 5) is 34.7. The Labute approximate surface area is 128 Å². The van der Waals surface area contributed by atoms with Gasteiger partial charge in [-0.25, -0.2) is 14.4 Å². The van der Waals surface area contributed by atoms with Gasteiger partial charge in [-0.1, -0.05) is 0 Å². The summed E-state index contributed by atoms with van der Waals surface area (Å²) < 4.78 is 10.1. The normalized spacial score (nSPS) is 12.4. The van der Waals surface area contributed by atoms with Crippen LogP contribution in [-0.2, 0) is 9.53 Å². The predicted molar refractivity (Wildman–Crippen MR) is 77.9 cm³/mol. The Morgan fingerprint density at radius 2 is 1.82 bits per heavy atom. The molecule has 0 aliphatic carbocycles. The summed E-state index contributed by atoms with van der Waals surface area (Å²) in [5.74, 6) is -2.95. The summed E-state index contributed by atoms with van der Waals surface area (Å²) in [5.41, 5.74) is 4.38. The number of carboxylic acids is 1. The third-order valence-corrected chi connectivity index (χ3v) is 2.43. The fraction of sp³-hybridized carbons (Fsp3) is 0.400. The Balaban J connectivity index is 3.12. The van der Waals surface area contributed by atoms with Crippen LogP contribution >= 0.6 is 0 Å². The van der Waals surface area contributed by atoms with Crippen LogP contribution in [0.15, 0.2) is 18.2 Å². The van der Waals surface area contributed by atoms with E-state index in [0.29, 0.717) is 0 Å². The Hall–Kier alpha value is -2.41. The van der Waals surface area contributed by atoms with Gasteiger partial charge in [0.2, 0.25) is 0 Å². The fourth-order valence-electron chi connectivity index (χ4n) is 1.45. The van der Waals surface area contributed by atoms with Crippen LogP contribution in [0, 0.1) is 0 Å². The largest absolute Gasteiger partial charge is 0.478 e. The van der Waals surface area contributed by atoms with Gasteiger partial charge in [0.05, 0.1) is 5.56 Å². The molecule has 0 aliphatic heterocycles. The molecule has 7 heteroatoms. The Kier molecular flexibility index (Phi) is 5.27. The Morgan fingerprint density at radius 1 is 1.23 bits per heavy atom. The first-order valence-electron chi connectivity index (χ1n) is 6.59. The molecule has 1 aromatic rings. The zero-order chi connectivity index (χ0) is 17.1. The predicted octanol–water partition coefficient (Wildman–Crippen LogP) is 1.59. The summed E-state index contributed by atoms with van der Waals surface area (Å²) in [6, 6.07) is 2.75. The number of carboxylic acid groups (broad SMARTS) is 1. The summed E-state index contributed by atoms with van der Waals surface area (Å²) in [7, 11) is 0. The van der Waals surface area contributed by atoms with Crippen LogP contribution in [0.4, 0.5) is 0 Å². The van der Waals surface area contributed by atoms with E-state index in [1.165, 1.54) is 19.1 Å². The van der Waals surface area contributed by atoms with Gasteiger partial charge in [0.25, 0.3) is 0 Å². The minimum Gasteiger partial charge on any atom is -0.478 e. The van der Waals surface area contributed by atoms with Crippen molar-refractivity contribution in [3.63, 3.8) is 0 Å². The first kappa shape index (κ1) is 17.6. The molecule has 0 saturated heterocycles. The molecule has 1 atom stereocenters. The molecule has 1 aromatic carbocycles. The second-order valence-electron chi connectivity index (χ2n) is 5.73. The van der Waals surface area contributed by atoms with Gasteiger partial charge in [-0.05, 0) is 45.9 Å². The second kappa shape index (κ2) is 6.57. The van der Waals surface area contributed by atoms with Crippen molar-refractivity contribution < 1.29 is 29.0 Å². The van der Waals surface area contributed by atoms with Crippen LogP contribution < -0.4 is 10.5 Å². The van der Waals surface area contributed by atoms with E-state index >= 15 is 0 Å². The molecule has 0 aromatic heterocycles. The third kappa shape index (κ3) is 4.85. The molecule has 1 rings (SSSR count). The highest BCUT2D eigenvalue weighted by Crippen LogP contribution is 2.22. The first-order chi connectivity index (χ1) is 10.0. The van der Waals surface area contributed by atoms with E-state index in [-0.39, 0.29) is 16.9 Å². The van der Waals surface area contributed by atoms with Crippen molar-refractivity contribution in [2.45, 2.75) is 39.3 Å². The lowest BCUT2D eigenvalue weighted by molar-refractivity contribution is -0.135. The zero-order valence-corrected chi connectivity index (χ0v) is 12.9. The van der Waals surface area contributed by atoms with Crippen molar-refractivity contribution >= 4 is 17.9 Å². The van der Waals surface area contributed by atoms with Crippen molar-refractivity contribution in [2.75, 3.05) is 0 Å². The topological polar surface area (TPSA) is 116 Å². The monoisotopic (exact) mass is 309 g/mol. The SMILES string of the molecule is CC(N)C(=O)Oc1ccc(C(=O)OC(C)(C)C)cc1C(=O)O. The summed E-state index contributed by atoms with van der Waals surface area (Å²) in [6.45, 7) is 6.50. The van der Waals surface area contributed by atoms with E-state index in [1.54, 1.807) is 20.8 Å². The maximum atomic E-state index is 11.9. The molecule has 0 heterocycles. The smallest absolute Gasteiger partial charge is 0.339 e. The fourth-order valence-corrected chi connectivity index (χ4v) is 1.45. The lowest BCUT2D eigenvalue weighted by Crippen LogP contribution is -2.31. The standard InChI is InChI=1S/C15H19NO6/c1-8(16)13(19)21-11-6-5-9(7-10(11)12(17)18)14(20)22-15(2,3)4/h5-8H,16H2,1-4H3,(H,17,18). The summed E-state index contributed by atoms with van der Waals surface area (Å²) >= 11 is 0. The van der Waals surface area contributed by atoms with Crippen LogP contribution in [0.25, 0.3) is 0 Å². The lowest BCUT2D eigenvalue weighted by atomic mass is 10.1. The molecule has 120 valence electrons. The molecule has 7 nitrogen and oxygen atoms in total. The second-order valence-corrected chi connectivity index (χ2v) is 5.73. The van der Waals surface area contributed by atoms with Gasteiger partial charge >= 0.3 is 17.9 Å². The molecule has 0 radical (unpaired) electrons. The van der Waals surface area contributed by atoms with E-state index in [1.807, 2.05) is 0 Å². The van der Waals surface area contributed by atoms with Gasteiger partial charge in [-0.3, -0.25) is 0 Å². The zero-order valence-electron chi connectivity index (χ0n) is 12.9. The van der Waals surface area contributed by atoms with Gasteiger partial charge in [-0.2, -0.15) is 0 Å². The lowest BCUT2D eigenvalue weighted by Gasteiger charge is -2.19. The minimum atomic E-state index is -1.34. The average Bonchev–Trinajstić information content (AvgIpc) is 2.36. The van der Waals surface area contributed by atoms with Crippen molar-refractivity contribution in [1.29, 1.82) is 0 Å². The molecular formula is C15H19NO6. The number of hydrogen-bond donors (Lipinski definition) is 2. The van der Waals surface area contributed by atoms with Crippen molar-refractivity contribution in [3.8, 4) is 5.75 Å². The number of aromatic carboxylic acids is 1. The number of hydrogen-bond acceptors (Lipinski definition) is 6. The van der Waals surface area contributed by atoms with Gasteiger partial charge in [-0.15, -0.1) is 0 Å². The van der Waals surface area contributed by atoms with E-state index in [0.717, 1.165) is 6.07 Å². The highest BCUT2D eigenvalue weighted by Gasteiger charge is 2.22. The summed E-state index contributed by atoms with van der Waals surface area (Å²) in [6.07, 6.45) is 0. The van der Waals surface area contributed by atoms with Crippen molar-refractivity contribution in [3.05, 3.63) is 29.3 Å². The third-order valence-electron chi connectivity index (χ3n) is 2.43. The maximum absolute atomic E-state index is 11.9. The number of ether oxygens (including phenoxy) is 2. The van der Waals surface area contributed by atoms with Crippen molar-refractivity contribution in [1.82, 2.24) is 0 Å². The quantitative estimate of drug-likeness (QED) is 0.640. The van der Waals surface area contributed by atoms with Crippen LogP contribution in [0.5, 0.6) is 5.75 Å². The van der Waals surface area contributed by atoms with Gasteiger partial charge < -0.3 is 20.3 Å². The molecular weight excluding hydrogens is 290 g/mol. The summed E-state index contributed by atoms with van der Waals surface area (Å²) in [5, 5.41) is 9.18. The van der Waals surface area contributed by atoms with Gasteiger partial charge in [0.15, 0.2) is 0 Å². The van der Waals surface area contributed by atoms with Gasteiger partial charge in [0, 0.05) is 0 Å². The van der Waals surface area contributed by atoms with Crippen LogP contribution in [0.3, 0.4) is 0 Å². The molecule has 0 aliphatic rings. The molecule has 0 bridgehead atoms. The van der Waals surface area contributed by atoms with Crippen LogP contribution in [0.2, 0.25) is 0 Å². The molecule has 22 heavy (non-hydrogen) atoms.